The average Bonchev–Trinajstić information content (AvgIpc) is 3.58. The average molecular weight is 552 g/mol. The number of hydrogen-bond acceptors (Lipinski definition) is 4. The first-order valence-corrected chi connectivity index (χ1v) is 13.2. The van der Waals surface area contributed by atoms with Crippen LogP contribution < -0.4 is 5.32 Å². The van der Waals surface area contributed by atoms with Gasteiger partial charge in [0.15, 0.2) is 0 Å². The number of likely N-dealkylation sites (N-methyl/N-ethyl adjacent to an activating group) is 1. The van der Waals surface area contributed by atoms with Gasteiger partial charge in [0.05, 0.1) is 21.5 Å². The Morgan fingerprint density at radius 3 is 2.68 bits per heavy atom. The number of aromatic amines is 1. The van der Waals surface area contributed by atoms with E-state index in [-0.39, 0.29) is 36.4 Å². The fourth-order valence-corrected chi connectivity index (χ4v) is 6.02. The van der Waals surface area contributed by atoms with Crippen molar-refractivity contribution in [2.45, 2.75) is 44.2 Å². The summed E-state index contributed by atoms with van der Waals surface area (Å²) in [5.41, 5.74) is 1.42. The first-order chi connectivity index (χ1) is 18.1. The number of amides is 3. The molecule has 3 aromatic rings. The van der Waals surface area contributed by atoms with E-state index in [9.17, 15) is 19.6 Å². The van der Waals surface area contributed by atoms with Gasteiger partial charge in [-0.1, -0.05) is 55.2 Å². The Hall–Kier alpha value is -3.54. The summed E-state index contributed by atoms with van der Waals surface area (Å²) < 4.78 is 0. The molecule has 1 saturated heterocycles. The van der Waals surface area contributed by atoms with Gasteiger partial charge in [0.1, 0.15) is 17.8 Å². The Balaban J connectivity index is 1.46. The Bertz CT molecular complexity index is 1510. The third kappa shape index (κ3) is 4.11. The number of likely N-dealkylation sites (tertiary alicyclic amines) is 1. The molecule has 0 unspecified atom stereocenters. The molecule has 5 rings (SSSR count). The Morgan fingerprint density at radius 1 is 1.24 bits per heavy atom. The molecule has 0 aliphatic carbocycles. The maximum atomic E-state index is 14.1. The van der Waals surface area contributed by atoms with Crippen LogP contribution in [0.2, 0.25) is 10.0 Å². The van der Waals surface area contributed by atoms with Crippen molar-refractivity contribution in [3.8, 4) is 6.07 Å². The normalized spacial score (nSPS) is 21.0. The monoisotopic (exact) mass is 551 g/mol. The number of rotatable bonds is 5. The van der Waals surface area contributed by atoms with Gasteiger partial charge in [-0.15, -0.1) is 0 Å². The van der Waals surface area contributed by atoms with Gasteiger partial charge < -0.3 is 20.1 Å². The lowest BCUT2D eigenvalue weighted by atomic mass is 9.80. The first kappa shape index (κ1) is 26.1. The number of para-hydroxylation sites is 1. The van der Waals surface area contributed by atoms with Crippen LogP contribution in [0, 0.1) is 17.2 Å². The quantitative estimate of drug-likeness (QED) is 0.466. The number of carbonyl (C=O) groups is 3. The van der Waals surface area contributed by atoms with Gasteiger partial charge in [0.25, 0.3) is 5.91 Å². The minimum absolute atomic E-state index is 0.0734. The van der Waals surface area contributed by atoms with Crippen molar-refractivity contribution in [3.63, 3.8) is 0 Å². The minimum Gasteiger partial charge on any atom is -0.350 e. The van der Waals surface area contributed by atoms with Gasteiger partial charge in [0.2, 0.25) is 11.8 Å². The zero-order chi connectivity index (χ0) is 27.4. The van der Waals surface area contributed by atoms with Crippen LogP contribution in [0.1, 0.15) is 42.7 Å². The molecule has 2 aromatic carbocycles. The van der Waals surface area contributed by atoms with Crippen LogP contribution in [0.4, 0.5) is 5.69 Å². The second-order valence-electron chi connectivity index (χ2n) is 10.5. The van der Waals surface area contributed by atoms with Crippen LogP contribution in [0.15, 0.2) is 42.5 Å². The predicted molar refractivity (Wildman–Crippen MR) is 146 cm³/mol. The number of aromatic nitrogens is 1. The lowest BCUT2D eigenvalue weighted by molar-refractivity contribution is -0.136. The van der Waals surface area contributed by atoms with Crippen LogP contribution in [-0.2, 0) is 15.0 Å². The van der Waals surface area contributed by atoms with Crippen LogP contribution in [0.3, 0.4) is 0 Å². The number of nitrogens with zero attached hydrogens (tertiary/aromatic N) is 3. The molecule has 196 valence electrons. The number of benzene rings is 2. The highest BCUT2D eigenvalue weighted by Gasteiger charge is 2.56. The summed E-state index contributed by atoms with van der Waals surface area (Å²) in [6.07, 6.45) is 0.587. The van der Waals surface area contributed by atoms with E-state index in [0.29, 0.717) is 33.1 Å². The molecule has 0 radical (unpaired) electrons. The van der Waals surface area contributed by atoms with Crippen molar-refractivity contribution >= 4 is 57.5 Å². The number of anilines is 1. The number of carbonyl (C=O) groups excluding carboxylic acids is 3. The maximum absolute atomic E-state index is 14.1. The molecular weight excluding hydrogens is 525 g/mol. The zero-order valence-corrected chi connectivity index (χ0v) is 22.7. The summed E-state index contributed by atoms with van der Waals surface area (Å²) in [6, 6.07) is 13.0. The van der Waals surface area contributed by atoms with Crippen molar-refractivity contribution in [1.29, 1.82) is 5.26 Å². The number of hydrogen-bond donors (Lipinski definition) is 2. The zero-order valence-electron chi connectivity index (χ0n) is 21.2. The van der Waals surface area contributed by atoms with E-state index in [1.165, 1.54) is 9.80 Å². The molecule has 38 heavy (non-hydrogen) atoms. The molecule has 8 nitrogen and oxygen atoms in total. The topological polar surface area (TPSA) is 109 Å². The SMILES string of the molecule is CC(C)C[C@@H](C(=O)N1C[C@]2(C[C@H]1C#N)C(=O)Nc1ccccc12)N(C)C(=O)c1cc2c(Cl)c(Cl)ccc2[nH]1. The molecular formula is C28H27Cl2N5O3. The number of nitriles is 1. The van der Waals surface area contributed by atoms with E-state index in [1.54, 1.807) is 25.2 Å². The highest BCUT2D eigenvalue weighted by molar-refractivity contribution is 6.45. The summed E-state index contributed by atoms with van der Waals surface area (Å²) >= 11 is 12.5. The summed E-state index contributed by atoms with van der Waals surface area (Å²) in [5.74, 6) is -0.874. The Kier molecular flexibility index (Phi) is 6.62. The fourth-order valence-electron chi connectivity index (χ4n) is 5.64. The van der Waals surface area contributed by atoms with E-state index in [2.05, 4.69) is 16.4 Å². The molecule has 3 amide bonds. The number of H-pyrrole nitrogens is 1. The lowest BCUT2D eigenvalue weighted by Crippen LogP contribution is -2.52. The third-order valence-corrected chi connectivity index (χ3v) is 8.42. The van der Waals surface area contributed by atoms with Crippen molar-refractivity contribution in [2.75, 3.05) is 18.9 Å². The molecule has 3 heterocycles. The van der Waals surface area contributed by atoms with Gasteiger partial charge in [-0.2, -0.15) is 5.26 Å². The molecule has 2 aliphatic heterocycles. The molecule has 0 bridgehead atoms. The summed E-state index contributed by atoms with van der Waals surface area (Å²) in [5, 5.41) is 14.2. The fraction of sp³-hybridized carbons (Fsp3) is 0.357. The number of halogens is 2. The second-order valence-corrected chi connectivity index (χ2v) is 11.2. The first-order valence-electron chi connectivity index (χ1n) is 12.4. The van der Waals surface area contributed by atoms with E-state index in [4.69, 9.17) is 23.2 Å². The smallest absolute Gasteiger partial charge is 0.270 e. The standard InChI is InChI=1S/C28H27Cl2N5O3/c1-15(2)10-23(34(3)25(36)22-11-17-20(32-22)9-8-19(29)24(17)30)26(37)35-14-28(12-16(35)13-31)18-6-4-5-7-21(18)33-27(28)38/h4-9,11,15-16,23,32H,10,12,14H2,1-3H3,(H,33,38)/t16-,23-,28-/m0/s1. The highest BCUT2D eigenvalue weighted by atomic mass is 35.5. The van der Waals surface area contributed by atoms with Gasteiger partial charge in [0, 0.05) is 36.6 Å². The van der Waals surface area contributed by atoms with Crippen LogP contribution in [0.25, 0.3) is 10.9 Å². The van der Waals surface area contributed by atoms with E-state index < -0.39 is 23.4 Å². The molecule has 10 heteroatoms. The molecule has 1 fully saturated rings. The lowest BCUT2D eigenvalue weighted by Gasteiger charge is -2.33. The summed E-state index contributed by atoms with van der Waals surface area (Å²) in [7, 11) is 1.58. The summed E-state index contributed by atoms with van der Waals surface area (Å²) in [6.45, 7) is 4.01. The highest BCUT2D eigenvalue weighted by Crippen LogP contribution is 2.46. The maximum Gasteiger partial charge on any atom is 0.270 e. The van der Waals surface area contributed by atoms with E-state index >= 15 is 0 Å². The van der Waals surface area contributed by atoms with E-state index in [0.717, 1.165) is 5.56 Å². The molecule has 2 aliphatic rings. The number of nitrogens with one attached hydrogen (secondary N) is 2. The molecule has 0 saturated carbocycles. The van der Waals surface area contributed by atoms with E-state index in [1.807, 2.05) is 38.1 Å². The predicted octanol–water partition coefficient (Wildman–Crippen LogP) is 4.98. The van der Waals surface area contributed by atoms with Crippen molar-refractivity contribution in [1.82, 2.24) is 14.8 Å². The van der Waals surface area contributed by atoms with Gasteiger partial charge in [-0.3, -0.25) is 14.4 Å². The van der Waals surface area contributed by atoms with Gasteiger partial charge >= 0.3 is 0 Å². The minimum atomic E-state index is -0.995. The van der Waals surface area contributed by atoms with Crippen LogP contribution in [0.5, 0.6) is 0 Å². The van der Waals surface area contributed by atoms with Crippen LogP contribution >= 0.6 is 23.2 Å². The second kappa shape index (κ2) is 9.64. The number of fused-ring (bicyclic) bond motifs is 3. The molecule has 1 spiro atoms. The largest absolute Gasteiger partial charge is 0.350 e. The third-order valence-electron chi connectivity index (χ3n) is 7.60. The molecule has 2 N–H and O–H groups in total. The van der Waals surface area contributed by atoms with Gasteiger partial charge in [-0.25, -0.2) is 0 Å². The molecule has 1 aromatic heterocycles. The van der Waals surface area contributed by atoms with Crippen molar-refractivity contribution in [2.24, 2.45) is 5.92 Å². The Morgan fingerprint density at radius 2 is 1.97 bits per heavy atom. The molecule has 3 atom stereocenters. The van der Waals surface area contributed by atoms with Crippen LogP contribution in [-0.4, -0.2) is 58.2 Å². The summed E-state index contributed by atoms with van der Waals surface area (Å²) in [4.78, 5) is 46.7. The van der Waals surface area contributed by atoms with Crippen molar-refractivity contribution in [3.05, 3.63) is 63.8 Å². The van der Waals surface area contributed by atoms with Gasteiger partial charge in [-0.05, 0) is 42.2 Å². The van der Waals surface area contributed by atoms with Crippen molar-refractivity contribution < 1.29 is 14.4 Å². The Labute approximate surface area is 230 Å².